The number of carbonyl (C=O) groups is 1. The fourth-order valence-corrected chi connectivity index (χ4v) is 3.70. The summed E-state index contributed by atoms with van der Waals surface area (Å²) in [6, 6.07) is 6.06. The van der Waals surface area contributed by atoms with Crippen molar-refractivity contribution >= 4 is 22.2 Å². The number of likely N-dealkylation sites (tertiary alicyclic amines) is 1. The average Bonchev–Trinajstić information content (AvgIpc) is 3.20. The monoisotopic (exact) mass is 329 g/mol. The maximum Gasteiger partial charge on any atom is 0.239 e. The van der Waals surface area contributed by atoms with Gasteiger partial charge < -0.3 is 5.32 Å². The van der Waals surface area contributed by atoms with Crippen molar-refractivity contribution in [2.45, 2.75) is 31.8 Å². The minimum atomic E-state index is -0.0590. The van der Waals surface area contributed by atoms with Gasteiger partial charge in [0.1, 0.15) is 11.1 Å². The highest BCUT2D eigenvalue weighted by atomic mass is 32.1. The standard InChI is InChI=1S/C16H19N5OS/c17-10-13-5-9-23-16(13)19-15(22)12-20-7-2-1-4-14(20)11-21-8-3-6-18-21/h3,5-6,8-9,14H,1-2,4,7,11-12H2,(H,19,22)/t14-/m0/s1. The largest absolute Gasteiger partial charge is 0.315 e. The van der Waals surface area contributed by atoms with Crippen molar-refractivity contribution in [1.82, 2.24) is 14.7 Å². The molecule has 0 bridgehead atoms. The lowest BCUT2D eigenvalue weighted by molar-refractivity contribution is -0.118. The fraction of sp³-hybridized carbons (Fsp3) is 0.438. The lowest BCUT2D eigenvalue weighted by Gasteiger charge is -2.35. The van der Waals surface area contributed by atoms with Crippen LogP contribution in [0.25, 0.3) is 0 Å². The van der Waals surface area contributed by atoms with Crippen LogP contribution < -0.4 is 5.32 Å². The molecule has 23 heavy (non-hydrogen) atoms. The van der Waals surface area contributed by atoms with Crippen molar-refractivity contribution in [3.05, 3.63) is 35.5 Å². The summed E-state index contributed by atoms with van der Waals surface area (Å²) < 4.78 is 1.92. The molecule has 2 aromatic rings. The Kier molecular flexibility index (Phi) is 5.05. The van der Waals surface area contributed by atoms with Gasteiger partial charge in [-0.05, 0) is 36.9 Å². The maximum atomic E-state index is 12.3. The van der Waals surface area contributed by atoms with Crippen molar-refractivity contribution in [3.8, 4) is 6.07 Å². The second-order valence-electron chi connectivity index (χ2n) is 5.67. The Labute approximate surface area is 139 Å². The normalized spacial score (nSPS) is 18.5. The van der Waals surface area contributed by atoms with E-state index in [2.05, 4.69) is 21.4 Å². The Morgan fingerprint density at radius 2 is 2.43 bits per heavy atom. The summed E-state index contributed by atoms with van der Waals surface area (Å²) in [7, 11) is 0. The van der Waals surface area contributed by atoms with Crippen LogP contribution in [0, 0.1) is 11.3 Å². The molecule has 1 aliphatic rings. The van der Waals surface area contributed by atoms with Crippen LogP contribution in [-0.4, -0.2) is 39.7 Å². The average molecular weight is 329 g/mol. The summed E-state index contributed by atoms with van der Waals surface area (Å²) in [4.78, 5) is 14.5. The SMILES string of the molecule is N#Cc1ccsc1NC(=O)CN1CCCC[C@H]1Cn1cccn1. The molecule has 1 amide bonds. The smallest absolute Gasteiger partial charge is 0.239 e. The summed E-state index contributed by atoms with van der Waals surface area (Å²) in [6.07, 6.45) is 7.12. The molecule has 2 aromatic heterocycles. The van der Waals surface area contributed by atoms with Gasteiger partial charge in [-0.15, -0.1) is 11.3 Å². The number of thiophene rings is 1. The van der Waals surface area contributed by atoms with E-state index in [1.54, 1.807) is 12.3 Å². The summed E-state index contributed by atoms with van der Waals surface area (Å²) >= 11 is 1.38. The molecule has 1 saturated heterocycles. The molecular weight excluding hydrogens is 310 g/mol. The van der Waals surface area contributed by atoms with Crippen LogP contribution in [0.4, 0.5) is 5.00 Å². The van der Waals surface area contributed by atoms with Gasteiger partial charge in [0, 0.05) is 18.4 Å². The van der Waals surface area contributed by atoms with Gasteiger partial charge in [0.25, 0.3) is 0 Å². The molecular formula is C16H19N5OS. The number of nitrogens with zero attached hydrogens (tertiary/aromatic N) is 4. The molecule has 0 saturated carbocycles. The summed E-state index contributed by atoms with van der Waals surface area (Å²) in [5, 5.41) is 18.6. The van der Waals surface area contributed by atoms with Crippen molar-refractivity contribution in [2.75, 3.05) is 18.4 Å². The van der Waals surface area contributed by atoms with Crippen LogP contribution in [0.15, 0.2) is 29.9 Å². The lowest BCUT2D eigenvalue weighted by Crippen LogP contribution is -2.45. The maximum absolute atomic E-state index is 12.3. The Morgan fingerprint density at radius 3 is 3.22 bits per heavy atom. The number of nitriles is 1. The predicted molar refractivity (Wildman–Crippen MR) is 89.1 cm³/mol. The van der Waals surface area contributed by atoms with Gasteiger partial charge in [-0.1, -0.05) is 6.42 Å². The molecule has 7 heteroatoms. The van der Waals surface area contributed by atoms with Gasteiger partial charge in [0.2, 0.25) is 5.91 Å². The molecule has 6 nitrogen and oxygen atoms in total. The number of carbonyl (C=O) groups excluding carboxylic acids is 1. The predicted octanol–water partition coefficient (Wildman–Crippen LogP) is 2.31. The van der Waals surface area contributed by atoms with E-state index in [-0.39, 0.29) is 5.91 Å². The first-order valence-electron chi connectivity index (χ1n) is 7.75. The minimum absolute atomic E-state index is 0.0590. The number of amides is 1. The second kappa shape index (κ2) is 7.40. The highest BCUT2D eigenvalue weighted by molar-refractivity contribution is 7.14. The molecule has 3 rings (SSSR count). The second-order valence-corrected chi connectivity index (χ2v) is 6.59. The molecule has 1 N–H and O–H groups in total. The molecule has 0 radical (unpaired) electrons. The quantitative estimate of drug-likeness (QED) is 0.913. The van der Waals surface area contributed by atoms with E-state index in [1.165, 1.54) is 17.8 Å². The van der Waals surface area contributed by atoms with E-state index < -0.39 is 0 Å². The third-order valence-corrected chi connectivity index (χ3v) is 4.92. The van der Waals surface area contributed by atoms with Crippen LogP contribution in [-0.2, 0) is 11.3 Å². The van der Waals surface area contributed by atoms with E-state index in [0.29, 0.717) is 23.2 Å². The van der Waals surface area contributed by atoms with Crippen LogP contribution in [0.1, 0.15) is 24.8 Å². The zero-order valence-corrected chi connectivity index (χ0v) is 13.6. The van der Waals surface area contributed by atoms with Crippen LogP contribution in [0.5, 0.6) is 0 Å². The fourth-order valence-electron chi connectivity index (χ4n) is 2.94. The zero-order valence-electron chi connectivity index (χ0n) is 12.8. The summed E-state index contributed by atoms with van der Waals surface area (Å²) in [5.74, 6) is -0.0590. The number of hydrogen-bond acceptors (Lipinski definition) is 5. The number of piperidine rings is 1. The lowest BCUT2D eigenvalue weighted by atomic mass is 10.0. The molecule has 0 unspecified atom stereocenters. The Hall–Kier alpha value is -2.17. The molecule has 0 aromatic carbocycles. The molecule has 120 valence electrons. The topological polar surface area (TPSA) is 74.0 Å². The highest BCUT2D eigenvalue weighted by Gasteiger charge is 2.25. The van der Waals surface area contributed by atoms with Crippen molar-refractivity contribution in [1.29, 1.82) is 5.26 Å². The summed E-state index contributed by atoms with van der Waals surface area (Å²) in [6.45, 7) is 2.09. The van der Waals surface area contributed by atoms with Crippen molar-refractivity contribution in [2.24, 2.45) is 0 Å². The first-order valence-corrected chi connectivity index (χ1v) is 8.63. The van der Waals surface area contributed by atoms with Gasteiger partial charge >= 0.3 is 0 Å². The Bertz CT molecular complexity index is 688. The first-order chi connectivity index (χ1) is 11.3. The number of hydrogen-bond donors (Lipinski definition) is 1. The number of aromatic nitrogens is 2. The van der Waals surface area contributed by atoms with E-state index in [1.807, 2.05) is 22.3 Å². The van der Waals surface area contributed by atoms with Crippen molar-refractivity contribution in [3.63, 3.8) is 0 Å². The van der Waals surface area contributed by atoms with E-state index in [4.69, 9.17) is 5.26 Å². The van der Waals surface area contributed by atoms with E-state index >= 15 is 0 Å². The third-order valence-electron chi connectivity index (χ3n) is 4.09. The highest BCUT2D eigenvalue weighted by Crippen LogP contribution is 2.23. The summed E-state index contributed by atoms with van der Waals surface area (Å²) in [5.41, 5.74) is 0.523. The molecule has 1 aliphatic heterocycles. The van der Waals surface area contributed by atoms with Gasteiger partial charge in [-0.25, -0.2) is 0 Å². The van der Waals surface area contributed by atoms with Crippen LogP contribution in [0.2, 0.25) is 0 Å². The van der Waals surface area contributed by atoms with Gasteiger partial charge in [0.05, 0.1) is 18.7 Å². The van der Waals surface area contributed by atoms with Crippen LogP contribution in [0.3, 0.4) is 0 Å². The van der Waals surface area contributed by atoms with E-state index in [9.17, 15) is 4.79 Å². The number of rotatable bonds is 5. The molecule has 3 heterocycles. The van der Waals surface area contributed by atoms with Gasteiger partial charge in [0.15, 0.2) is 0 Å². The molecule has 0 spiro atoms. The Balaban J connectivity index is 1.60. The number of nitrogens with one attached hydrogen (secondary N) is 1. The van der Waals surface area contributed by atoms with E-state index in [0.717, 1.165) is 25.9 Å². The molecule has 1 fully saturated rings. The minimum Gasteiger partial charge on any atom is -0.315 e. The molecule has 0 aliphatic carbocycles. The molecule has 1 atom stereocenters. The van der Waals surface area contributed by atoms with Crippen molar-refractivity contribution < 1.29 is 4.79 Å². The third kappa shape index (κ3) is 3.97. The zero-order chi connectivity index (χ0) is 16.1. The number of anilines is 1. The first kappa shape index (κ1) is 15.7. The van der Waals surface area contributed by atoms with Gasteiger partial charge in [-0.2, -0.15) is 10.4 Å². The van der Waals surface area contributed by atoms with Gasteiger partial charge in [-0.3, -0.25) is 14.4 Å². The Morgan fingerprint density at radius 1 is 1.52 bits per heavy atom. The van der Waals surface area contributed by atoms with Crippen LogP contribution >= 0.6 is 11.3 Å².